The number of halogens is 4. The number of rotatable bonds is 6. The van der Waals surface area contributed by atoms with Gasteiger partial charge in [-0.05, 0) is 30.0 Å². The summed E-state index contributed by atoms with van der Waals surface area (Å²) in [6.07, 6.45) is -3.29. The van der Waals surface area contributed by atoms with Gasteiger partial charge in [-0.15, -0.1) is 0 Å². The minimum absolute atomic E-state index is 0.0964. The highest BCUT2D eigenvalue weighted by atomic mass is 79.9. The molecule has 0 aromatic heterocycles. The van der Waals surface area contributed by atoms with Crippen molar-refractivity contribution < 1.29 is 18.0 Å². The van der Waals surface area contributed by atoms with Gasteiger partial charge in [-0.25, -0.2) is 0 Å². The van der Waals surface area contributed by atoms with E-state index in [1.165, 1.54) is 12.1 Å². The second-order valence-corrected chi connectivity index (χ2v) is 5.55. The molecule has 1 atom stereocenters. The molecule has 1 N–H and O–H groups in total. The smallest absolute Gasteiger partial charge is 0.356 e. The summed E-state index contributed by atoms with van der Waals surface area (Å²) in [7, 11) is 0. The Bertz CT molecular complexity index is 431. The third-order valence-electron chi connectivity index (χ3n) is 2.90. The maximum atomic E-state index is 12.4. The van der Waals surface area contributed by atoms with Crippen LogP contribution < -0.4 is 5.32 Å². The molecule has 0 fully saturated rings. The van der Waals surface area contributed by atoms with Gasteiger partial charge in [0.25, 0.3) is 0 Å². The Hall–Kier alpha value is -1.04. The lowest BCUT2D eigenvalue weighted by molar-refractivity contribution is -0.137. The zero-order valence-corrected chi connectivity index (χ0v) is 12.7. The maximum absolute atomic E-state index is 12.4. The third kappa shape index (κ3) is 5.94. The lowest BCUT2D eigenvalue weighted by Crippen LogP contribution is -2.29. The van der Waals surface area contributed by atoms with E-state index in [2.05, 4.69) is 21.2 Å². The molecule has 0 saturated heterocycles. The molecule has 1 unspecified atom stereocenters. The first-order chi connectivity index (χ1) is 9.32. The van der Waals surface area contributed by atoms with E-state index in [4.69, 9.17) is 0 Å². The van der Waals surface area contributed by atoms with Crippen molar-refractivity contribution in [1.82, 2.24) is 5.32 Å². The van der Waals surface area contributed by atoms with Crippen LogP contribution in [-0.4, -0.2) is 17.8 Å². The Morgan fingerprint density at radius 2 is 1.90 bits per heavy atom. The van der Waals surface area contributed by atoms with Crippen LogP contribution in [0.3, 0.4) is 0 Å². The van der Waals surface area contributed by atoms with Crippen LogP contribution in [0.25, 0.3) is 0 Å². The summed E-state index contributed by atoms with van der Waals surface area (Å²) < 4.78 is 37.1. The summed E-state index contributed by atoms with van der Waals surface area (Å²) >= 11 is 3.33. The van der Waals surface area contributed by atoms with E-state index in [0.717, 1.165) is 23.9 Å². The average molecular weight is 352 g/mol. The Balaban J connectivity index is 2.46. The fourth-order valence-electron chi connectivity index (χ4n) is 1.64. The van der Waals surface area contributed by atoms with Gasteiger partial charge < -0.3 is 5.32 Å². The standard InChI is InChI=1S/C14H17BrF3NO/c1-10(6-7-15)9-19-13(20)8-11-2-4-12(5-3-11)14(16,17)18/h2-5,10H,6-9H2,1H3,(H,19,20). The van der Waals surface area contributed by atoms with E-state index in [9.17, 15) is 18.0 Å². The molecule has 0 saturated carbocycles. The molecule has 0 bridgehead atoms. The first-order valence-electron chi connectivity index (χ1n) is 6.31. The molecular formula is C14H17BrF3NO. The van der Waals surface area contributed by atoms with E-state index in [0.29, 0.717) is 18.0 Å². The topological polar surface area (TPSA) is 29.1 Å². The lowest BCUT2D eigenvalue weighted by atomic mass is 10.1. The molecule has 0 aliphatic heterocycles. The van der Waals surface area contributed by atoms with Crippen LogP contribution in [0.1, 0.15) is 24.5 Å². The molecular weight excluding hydrogens is 335 g/mol. The number of benzene rings is 1. The number of alkyl halides is 4. The van der Waals surface area contributed by atoms with Gasteiger partial charge >= 0.3 is 6.18 Å². The number of amides is 1. The first-order valence-corrected chi connectivity index (χ1v) is 7.44. The van der Waals surface area contributed by atoms with Crippen molar-refractivity contribution in [1.29, 1.82) is 0 Å². The van der Waals surface area contributed by atoms with E-state index in [-0.39, 0.29) is 12.3 Å². The molecule has 1 rings (SSSR count). The van der Waals surface area contributed by atoms with Crippen molar-refractivity contribution in [3.05, 3.63) is 35.4 Å². The quantitative estimate of drug-likeness (QED) is 0.776. The third-order valence-corrected chi connectivity index (χ3v) is 3.35. The van der Waals surface area contributed by atoms with Crippen molar-refractivity contribution >= 4 is 21.8 Å². The molecule has 2 nitrogen and oxygen atoms in total. The predicted octanol–water partition coefficient (Wildman–Crippen LogP) is 3.79. The van der Waals surface area contributed by atoms with Gasteiger partial charge in [0.05, 0.1) is 12.0 Å². The van der Waals surface area contributed by atoms with Crippen LogP contribution in [-0.2, 0) is 17.4 Å². The summed E-state index contributed by atoms with van der Waals surface area (Å²) in [5.74, 6) is 0.192. The zero-order chi connectivity index (χ0) is 15.2. The predicted molar refractivity (Wildman–Crippen MR) is 75.7 cm³/mol. The summed E-state index contributed by atoms with van der Waals surface area (Å²) in [6.45, 7) is 2.60. The van der Waals surface area contributed by atoms with Gasteiger partial charge in [0.2, 0.25) is 5.91 Å². The highest BCUT2D eigenvalue weighted by molar-refractivity contribution is 9.09. The van der Waals surface area contributed by atoms with Crippen LogP contribution in [0.2, 0.25) is 0 Å². The van der Waals surface area contributed by atoms with Gasteiger partial charge in [-0.1, -0.05) is 35.0 Å². The van der Waals surface area contributed by atoms with Crippen molar-refractivity contribution in [2.24, 2.45) is 5.92 Å². The summed E-state index contributed by atoms with van der Waals surface area (Å²) in [5.41, 5.74) is -0.128. The summed E-state index contributed by atoms with van der Waals surface area (Å²) in [5, 5.41) is 3.66. The SMILES string of the molecule is CC(CCBr)CNC(=O)Cc1ccc(C(F)(F)F)cc1. The van der Waals surface area contributed by atoms with Gasteiger partial charge in [0.15, 0.2) is 0 Å². The fourth-order valence-corrected chi connectivity index (χ4v) is 2.42. The van der Waals surface area contributed by atoms with Crippen LogP contribution in [0, 0.1) is 5.92 Å². The van der Waals surface area contributed by atoms with Crippen LogP contribution in [0.4, 0.5) is 13.2 Å². The number of nitrogens with one attached hydrogen (secondary N) is 1. The van der Waals surface area contributed by atoms with Crippen molar-refractivity contribution in [2.75, 3.05) is 11.9 Å². The molecule has 1 amide bonds. The van der Waals surface area contributed by atoms with Crippen molar-refractivity contribution in [3.8, 4) is 0 Å². The van der Waals surface area contributed by atoms with Gasteiger partial charge in [-0.2, -0.15) is 13.2 Å². The molecule has 6 heteroatoms. The minimum atomic E-state index is -4.34. The molecule has 1 aromatic carbocycles. The summed E-state index contributed by atoms with van der Waals surface area (Å²) in [4.78, 5) is 11.7. The molecule has 0 heterocycles. The molecule has 1 aromatic rings. The molecule has 0 spiro atoms. The highest BCUT2D eigenvalue weighted by Crippen LogP contribution is 2.29. The van der Waals surface area contributed by atoms with Gasteiger partial charge in [0.1, 0.15) is 0 Å². The Labute approximate surface area is 124 Å². The van der Waals surface area contributed by atoms with Crippen LogP contribution in [0.15, 0.2) is 24.3 Å². The maximum Gasteiger partial charge on any atom is 0.416 e. The van der Waals surface area contributed by atoms with Crippen LogP contribution in [0.5, 0.6) is 0 Å². The monoisotopic (exact) mass is 351 g/mol. The molecule has 112 valence electrons. The van der Waals surface area contributed by atoms with E-state index >= 15 is 0 Å². The zero-order valence-electron chi connectivity index (χ0n) is 11.1. The van der Waals surface area contributed by atoms with Crippen LogP contribution >= 0.6 is 15.9 Å². The van der Waals surface area contributed by atoms with Crippen molar-refractivity contribution in [2.45, 2.75) is 25.9 Å². The fraction of sp³-hybridized carbons (Fsp3) is 0.500. The van der Waals surface area contributed by atoms with E-state index in [1.807, 2.05) is 6.92 Å². The Morgan fingerprint density at radius 3 is 2.40 bits per heavy atom. The minimum Gasteiger partial charge on any atom is -0.356 e. The van der Waals surface area contributed by atoms with E-state index < -0.39 is 11.7 Å². The summed E-state index contributed by atoms with van der Waals surface area (Å²) in [6, 6.07) is 4.67. The molecule has 0 aliphatic carbocycles. The number of hydrogen-bond acceptors (Lipinski definition) is 1. The van der Waals surface area contributed by atoms with Crippen molar-refractivity contribution in [3.63, 3.8) is 0 Å². The Morgan fingerprint density at radius 1 is 1.30 bits per heavy atom. The van der Waals surface area contributed by atoms with Gasteiger partial charge in [-0.3, -0.25) is 4.79 Å². The highest BCUT2D eigenvalue weighted by Gasteiger charge is 2.29. The second-order valence-electron chi connectivity index (χ2n) is 4.76. The normalized spacial score (nSPS) is 13.1. The van der Waals surface area contributed by atoms with E-state index in [1.54, 1.807) is 0 Å². The molecule has 20 heavy (non-hydrogen) atoms. The second kappa shape index (κ2) is 7.67. The number of hydrogen-bond donors (Lipinski definition) is 1. The largest absolute Gasteiger partial charge is 0.416 e. The number of carbonyl (C=O) groups excluding carboxylic acids is 1. The van der Waals surface area contributed by atoms with Gasteiger partial charge in [0, 0.05) is 11.9 Å². The molecule has 0 radical (unpaired) electrons. The number of carbonyl (C=O) groups is 1. The average Bonchev–Trinajstić information content (AvgIpc) is 2.36. The Kier molecular flexibility index (Phi) is 6.52. The lowest BCUT2D eigenvalue weighted by Gasteiger charge is -2.11. The first kappa shape index (κ1) is 17.0. The molecule has 0 aliphatic rings.